The van der Waals surface area contributed by atoms with Crippen molar-refractivity contribution in [2.24, 2.45) is 0 Å². The number of furan rings is 1. The van der Waals surface area contributed by atoms with E-state index in [2.05, 4.69) is 15.9 Å². The Labute approximate surface area is 164 Å². The van der Waals surface area contributed by atoms with Gasteiger partial charge in [0.2, 0.25) is 0 Å². The molecule has 3 rings (SSSR count). The van der Waals surface area contributed by atoms with Crippen molar-refractivity contribution in [3.05, 3.63) is 74.8 Å². The molecule has 0 atom stereocenters. The van der Waals surface area contributed by atoms with E-state index in [-0.39, 0.29) is 28.1 Å². The molecule has 0 bridgehead atoms. The third-order valence-electron chi connectivity index (χ3n) is 3.68. The van der Waals surface area contributed by atoms with Gasteiger partial charge in [-0.15, -0.1) is 11.3 Å². The largest absolute Gasteiger partial charge is 0.455 e. The number of hydrogen-bond acceptors (Lipinski definition) is 5. The van der Waals surface area contributed by atoms with Crippen LogP contribution in [0.4, 0.5) is 0 Å². The fourth-order valence-corrected chi connectivity index (χ4v) is 5.20. The van der Waals surface area contributed by atoms with Crippen LogP contribution in [-0.2, 0) is 22.1 Å². The monoisotopic (exact) mass is 453 g/mol. The van der Waals surface area contributed by atoms with E-state index in [9.17, 15) is 13.2 Å². The lowest BCUT2D eigenvalue weighted by atomic mass is 10.3. The van der Waals surface area contributed by atoms with E-state index >= 15 is 0 Å². The molecule has 2 heterocycles. The Balaban J connectivity index is 1.70. The Bertz CT molecular complexity index is 1010. The van der Waals surface area contributed by atoms with E-state index in [0.29, 0.717) is 6.54 Å². The Kier molecular flexibility index (Phi) is 5.64. The molecular weight excluding hydrogens is 438 g/mol. The van der Waals surface area contributed by atoms with Crippen LogP contribution in [0.2, 0.25) is 0 Å². The van der Waals surface area contributed by atoms with Crippen molar-refractivity contribution in [1.82, 2.24) is 4.90 Å². The molecule has 0 aliphatic carbocycles. The molecule has 1 aromatic carbocycles. The first-order valence-corrected chi connectivity index (χ1v) is 11.0. The minimum absolute atomic E-state index is 0.126. The number of sulfone groups is 1. The van der Waals surface area contributed by atoms with Crippen LogP contribution in [-0.4, -0.2) is 26.3 Å². The highest BCUT2D eigenvalue weighted by atomic mass is 79.9. The van der Waals surface area contributed by atoms with Crippen molar-refractivity contribution in [2.75, 3.05) is 7.05 Å². The summed E-state index contributed by atoms with van der Waals surface area (Å²) in [6.45, 7) is 0.452. The lowest BCUT2D eigenvalue weighted by molar-refractivity contribution is 0.0753. The van der Waals surface area contributed by atoms with Crippen molar-refractivity contribution in [1.29, 1.82) is 0 Å². The minimum atomic E-state index is -3.51. The topological polar surface area (TPSA) is 67.6 Å². The van der Waals surface area contributed by atoms with E-state index < -0.39 is 9.84 Å². The first kappa shape index (κ1) is 18.9. The van der Waals surface area contributed by atoms with Crippen molar-refractivity contribution in [3.8, 4) is 0 Å². The van der Waals surface area contributed by atoms with E-state index in [1.54, 1.807) is 36.6 Å². The van der Waals surface area contributed by atoms with Gasteiger partial charge in [-0.1, -0.05) is 18.2 Å². The Morgan fingerprint density at radius 1 is 1.12 bits per heavy atom. The standard InChI is InChI=1S/C18H16BrNO4S2/c1-20(11-14-8-10-17(19)25-14)18(21)16-9-7-13(24-16)12-26(22,23)15-5-3-2-4-6-15/h2-10H,11-12H2,1H3. The second-order valence-corrected chi connectivity index (χ2v) is 10.2. The number of rotatable bonds is 6. The highest BCUT2D eigenvalue weighted by Gasteiger charge is 2.21. The number of carbonyl (C=O) groups is 1. The van der Waals surface area contributed by atoms with Gasteiger partial charge >= 0.3 is 0 Å². The number of halogens is 1. The summed E-state index contributed by atoms with van der Waals surface area (Å²) >= 11 is 4.95. The summed E-state index contributed by atoms with van der Waals surface area (Å²) in [4.78, 5) is 15.3. The molecule has 0 radical (unpaired) electrons. The second-order valence-electron chi connectivity index (χ2n) is 5.71. The lowest BCUT2D eigenvalue weighted by Gasteiger charge is -2.14. The molecule has 0 unspecified atom stereocenters. The molecule has 0 N–H and O–H groups in total. The second kappa shape index (κ2) is 7.77. The maximum Gasteiger partial charge on any atom is 0.289 e. The highest BCUT2D eigenvalue weighted by molar-refractivity contribution is 9.11. The third-order valence-corrected chi connectivity index (χ3v) is 6.94. The number of hydrogen-bond donors (Lipinski definition) is 0. The lowest BCUT2D eigenvalue weighted by Crippen LogP contribution is -2.25. The van der Waals surface area contributed by atoms with Gasteiger partial charge in [0.05, 0.1) is 15.2 Å². The van der Waals surface area contributed by atoms with Gasteiger partial charge in [-0.2, -0.15) is 0 Å². The van der Waals surface area contributed by atoms with E-state index in [1.165, 1.54) is 29.2 Å². The van der Waals surface area contributed by atoms with Gasteiger partial charge in [0.25, 0.3) is 5.91 Å². The molecule has 0 aliphatic rings. The first-order valence-electron chi connectivity index (χ1n) is 7.71. The molecule has 26 heavy (non-hydrogen) atoms. The summed E-state index contributed by atoms with van der Waals surface area (Å²) in [7, 11) is -1.83. The Hall–Kier alpha value is -1.90. The number of carbonyl (C=O) groups excluding carboxylic acids is 1. The molecule has 8 heteroatoms. The van der Waals surface area contributed by atoms with Crippen molar-refractivity contribution < 1.29 is 17.6 Å². The van der Waals surface area contributed by atoms with E-state index in [0.717, 1.165) is 8.66 Å². The average molecular weight is 454 g/mol. The molecule has 136 valence electrons. The van der Waals surface area contributed by atoms with Crippen molar-refractivity contribution in [2.45, 2.75) is 17.2 Å². The summed E-state index contributed by atoms with van der Waals surface area (Å²) in [5, 5.41) is 0. The van der Waals surface area contributed by atoms with Crippen LogP contribution in [0.5, 0.6) is 0 Å². The predicted molar refractivity (Wildman–Crippen MR) is 104 cm³/mol. The van der Waals surface area contributed by atoms with E-state index in [1.807, 2.05) is 12.1 Å². The average Bonchev–Trinajstić information content (AvgIpc) is 3.23. The van der Waals surface area contributed by atoms with Crippen LogP contribution in [0.15, 0.2) is 67.7 Å². The quantitative estimate of drug-likeness (QED) is 0.556. The zero-order valence-corrected chi connectivity index (χ0v) is 17.1. The summed E-state index contributed by atoms with van der Waals surface area (Å²) in [5.74, 6) is -0.213. The number of thiophene rings is 1. The molecule has 0 aliphatic heterocycles. The zero-order chi connectivity index (χ0) is 18.7. The molecule has 2 aromatic heterocycles. The maximum absolute atomic E-state index is 12.5. The molecule has 5 nitrogen and oxygen atoms in total. The fourth-order valence-electron chi connectivity index (χ4n) is 2.40. The summed E-state index contributed by atoms with van der Waals surface area (Å²) in [5.41, 5.74) is 0. The van der Waals surface area contributed by atoms with Crippen LogP contribution in [0.3, 0.4) is 0 Å². The van der Waals surface area contributed by atoms with Gasteiger partial charge in [-0.3, -0.25) is 4.79 Å². The van der Waals surface area contributed by atoms with Gasteiger partial charge < -0.3 is 9.32 Å². The van der Waals surface area contributed by atoms with Crippen LogP contribution >= 0.6 is 27.3 Å². The number of benzene rings is 1. The van der Waals surface area contributed by atoms with Crippen LogP contribution in [0, 0.1) is 0 Å². The molecule has 1 amide bonds. The molecule has 0 saturated heterocycles. The fraction of sp³-hybridized carbons (Fsp3) is 0.167. The van der Waals surface area contributed by atoms with Gasteiger partial charge in [0, 0.05) is 11.9 Å². The smallest absolute Gasteiger partial charge is 0.289 e. The zero-order valence-electron chi connectivity index (χ0n) is 13.9. The van der Waals surface area contributed by atoms with Gasteiger partial charge in [0.1, 0.15) is 11.5 Å². The summed E-state index contributed by atoms with van der Waals surface area (Å²) in [6, 6.07) is 15.1. The van der Waals surface area contributed by atoms with Gasteiger partial charge in [-0.25, -0.2) is 8.42 Å². The van der Waals surface area contributed by atoms with Crippen molar-refractivity contribution in [3.63, 3.8) is 0 Å². The SMILES string of the molecule is CN(Cc1ccc(Br)s1)C(=O)c1ccc(CS(=O)(=O)c2ccccc2)o1. The Morgan fingerprint density at radius 2 is 1.85 bits per heavy atom. The minimum Gasteiger partial charge on any atom is -0.455 e. The highest BCUT2D eigenvalue weighted by Crippen LogP contribution is 2.24. The number of nitrogens with zero attached hydrogens (tertiary/aromatic N) is 1. The molecule has 0 saturated carbocycles. The molecule has 0 fully saturated rings. The first-order chi connectivity index (χ1) is 12.3. The van der Waals surface area contributed by atoms with Crippen LogP contribution in [0.1, 0.15) is 21.2 Å². The Morgan fingerprint density at radius 3 is 2.50 bits per heavy atom. The van der Waals surface area contributed by atoms with Crippen molar-refractivity contribution >= 4 is 43.0 Å². The van der Waals surface area contributed by atoms with Crippen LogP contribution in [0.25, 0.3) is 0 Å². The van der Waals surface area contributed by atoms with Gasteiger partial charge in [0.15, 0.2) is 15.6 Å². The molecule has 3 aromatic rings. The van der Waals surface area contributed by atoms with Gasteiger partial charge in [-0.05, 0) is 52.3 Å². The third kappa shape index (κ3) is 4.44. The summed E-state index contributed by atoms with van der Waals surface area (Å²) < 4.78 is 31.3. The molecular formula is C18H16BrNO4S2. The van der Waals surface area contributed by atoms with Crippen LogP contribution < -0.4 is 0 Å². The van der Waals surface area contributed by atoms with E-state index in [4.69, 9.17) is 4.42 Å². The summed E-state index contributed by atoms with van der Waals surface area (Å²) in [6.07, 6.45) is 0. The number of amides is 1. The predicted octanol–water partition coefficient (Wildman–Crippen LogP) is 4.35. The maximum atomic E-state index is 12.5. The normalized spacial score (nSPS) is 11.5. The molecule has 0 spiro atoms.